The molecule has 2 rings (SSSR count). The molecule has 1 aromatic rings. The minimum Gasteiger partial charge on any atom is -0.387 e. The van der Waals surface area contributed by atoms with Crippen LogP contribution < -0.4 is 10.6 Å². The molecule has 1 aromatic heterocycles. The second kappa shape index (κ2) is 6.22. The van der Waals surface area contributed by atoms with Gasteiger partial charge in [-0.15, -0.1) is 0 Å². The molecule has 0 aromatic carbocycles. The molecular weight excluding hydrogens is 250 g/mol. The maximum absolute atomic E-state index is 7.60. The van der Waals surface area contributed by atoms with Gasteiger partial charge in [0, 0.05) is 37.8 Å². The van der Waals surface area contributed by atoms with E-state index in [-0.39, 0.29) is 11.3 Å². The molecule has 1 fully saturated rings. The van der Waals surface area contributed by atoms with Gasteiger partial charge in [0.25, 0.3) is 0 Å². The van der Waals surface area contributed by atoms with E-state index >= 15 is 0 Å². The van der Waals surface area contributed by atoms with Crippen molar-refractivity contribution in [3.05, 3.63) is 24.4 Å². The summed E-state index contributed by atoms with van der Waals surface area (Å²) in [5.74, 6) is 1.35. The number of anilines is 1. The van der Waals surface area contributed by atoms with Crippen molar-refractivity contribution in [1.29, 1.82) is 5.41 Å². The summed E-state index contributed by atoms with van der Waals surface area (Å²) in [4.78, 5) is 9.17. The normalized spacial score (nSPS) is 17.2. The van der Waals surface area contributed by atoms with E-state index in [2.05, 4.69) is 20.9 Å². The Bertz CT molecular complexity index is 435. The van der Waals surface area contributed by atoms with Crippen LogP contribution in [0.2, 0.25) is 0 Å². The maximum atomic E-state index is 7.60. The van der Waals surface area contributed by atoms with E-state index in [0.29, 0.717) is 0 Å². The Morgan fingerprint density at radius 1 is 1.30 bits per heavy atom. The monoisotopic (exact) mass is 275 g/mol. The Balaban J connectivity index is 1.79. The van der Waals surface area contributed by atoms with Crippen LogP contribution in [0.3, 0.4) is 0 Å². The first-order valence-corrected chi connectivity index (χ1v) is 7.22. The SMILES string of the molecule is CC(C)(CCN1CCN(c2ccccn2)CC1)C(=N)N. The summed E-state index contributed by atoms with van der Waals surface area (Å²) in [7, 11) is 0. The molecule has 1 aliphatic rings. The highest BCUT2D eigenvalue weighted by Gasteiger charge is 2.24. The van der Waals surface area contributed by atoms with Crippen LogP contribution in [0.25, 0.3) is 0 Å². The van der Waals surface area contributed by atoms with Gasteiger partial charge < -0.3 is 10.6 Å². The highest BCUT2D eigenvalue weighted by atomic mass is 15.3. The van der Waals surface area contributed by atoms with Gasteiger partial charge in [-0.1, -0.05) is 19.9 Å². The summed E-state index contributed by atoms with van der Waals surface area (Å²) in [6.45, 7) is 9.20. The van der Waals surface area contributed by atoms with Crippen LogP contribution in [-0.2, 0) is 0 Å². The molecule has 0 spiro atoms. The number of hydrogen-bond donors (Lipinski definition) is 2. The van der Waals surface area contributed by atoms with Crippen LogP contribution in [0.15, 0.2) is 24.4 Å². The first kappa shape index (κ1) is 14.8. The largest absolute Gasteiger partial charge is 0.387 e. The van der Waals surface area contributed by atoms with Crippen LogP contribution >= 0.6 is 0 Å². The lowest BCUT2D eigenvalue weighted by Crippen LogP contribution is -2.48. The average molecular weight is 275 g/mol. The Kier molecular flexibility index (Phi) is 4.60. The molecule has 0 saturated carbocycles. The zero-order valence-corrected chi connectivity index (χ0v) is 12.5. The molecule has 0 atom stereocenters. The van der Waals surface area contributed by atoms with E-state index in [1.807, 2.05) is 32.2 Å². The average Bonchev–Trinajstić information content (AvgIpc) is 2.46. The first-order valence-electron chi connectivity index (χ1n) is 7.22. The summed E-state index contributed by atoms with van der Waals surface area (Å²) in [6.07, 6.45) is 2.78. The van der Waals surface area contributed by atoms with Crippen molar-refractivity contribution in [1.82, 2.24) is 9.88 Å². The van der Waals surface area contributed by atoms with Crippen molar-refractivity contribution >= 4 is 11.7 Å². The number of nitrogens with zero attached hydrogens (tertiary/aromatic N) is 3. The summed E-state index contributed by atoms with van der Waals surface area (Å²) >= 11 is 0. The predicted molar refractivity (Wildman–Crippen MR) is 83.2 cm³/mol. The number of pyridine rings is 1. The molecule has 2 heterocycles. The standard InChI is InChI=1S/C15H25N5/c1-15(2,14(16)17)6-8-19-9-11-20(12-10-19)13-5-3-4-7-18-13/h3-5,7H,6,8-12H2,1-2H3,(H3,16,17). The number of piperazine rings is 1. The van der Waals surface area contributed by atoms with E-state index in [4.69, 9.17) is 11.1 Å². The highest BCUT2D eigenvalue weighted by Crippen LogP contribution is 2.21. The summed E-state index contributed by atoms with van der Waals surface area (Å²) in [5, 5.41) is 7.60. The summed E-state index contributed by atoms with van der Waals surface area (Å²) < 4.78 is 0. The molecule has 0 aliphatic carbocycles. The van der Waals surface area contributed by atoms with Crippen LogP contribution in [0, 0.1) is 10.8 Å². The Hall–Kier alpha value is -1.62. The Labute approximate surface area is 121 Å². The molecule has 1 aliphatic heterocycles. The molecule has 0 amide bonds. The van der Waals surface area contributed by atoms with Crippen LogP contribution in [0.5, 0.6) is 0 Å². The van der Waals surface area contributed by atoms with Crippen molar-refractivity contribution in [3.63, 3.8) is 0 Å². The zero-order valence-electron chi connectivity index (χ0n) is 12.5. The van der Waals surface area contributed by atoms with Gasteiger partial charge in [-0.05, 0) is 25.1 Å². The van der Waals surface area contributed by atoms with Crippen molar-refractivity contribution in [3.8, 4) is 0 Å². The quantitative estimate of drug-likeness (QED) is 0.632. The van der Waals surface area contributed by atoms with Crippen LogP contribution in [-0.4, -0.2) is 48.4 Å². The van der Waals surface area contributed by atoms with Gasteiger partial charge in [0.1, 0.15) is 5.82 Å². The molecule has 0 unspecified atom stereocenters. The molecule has 3 N–H and O–H groups in total. The molecule has 5 nitrogen and oxygen atoms in total. The second-order valence-corrected chi connectivity index (χ2v) is 6.06. The third-order valence-corrected chi connectivity index (χ3v) is 4.13. The molecule has 0 radical (unpaired) electrons. The predicted octanol–water partition coefficient (Wildman–Crippen LogP) is 1.56. The van der Waals surface area contributed by atoms with E-state index < -0.39 is 0 Å². The molecule has 0 bridgehead atoms. The van der Waals surface area contributed by atoms with Gasteiger partial charge in [-0.25, -0.2) is 4.98 Å². The van der Waals surface area contributed by atoms with Crippen molar-refractivity contribution < 1.29 is 0 Å². The molecule has 5 heteroatoms. The lowest BCUT2D eigenvalue weighted by atomic mass is 9.88. The van der Waals surface area contributed by atoms with E-state index in [1.54, 1.807) is 0 Å². The number of nitrogens with one attached hydrogen (secondary N) is 1. The first-order chi connectivity index (χ1) is 9.49. The maximum Gasteiger partial charge on any atom is 0.128 e. The van der Waals surface area contributed by atoms with Gasteiger partial charge in [0.2, 0.25) is 0 Å². The number of hydrogen-bond acceptors (Lipinski definition) is 4. The van der Waals surface area contributed by atoms with Crippen LogP contribution in [0.4, 0.5) is 5.82 Å². The van der Waals surface area contributed by atoms with E-state index in [0.717, 1.165) is 45.0 Å². The third-order valence-electron chi connectivity index (χ3n) is 4.13. The van der Waals surface area contributed by atoms with Crippen LogP contribution in [0.1, 0.15) is 20.3 Å². The molecule has 110 valence electrons. The van der Waals surface area contributed by atoms with Crippen molar-refractivity contribution in [2.45, 2.75) is 20.3 Å². The molecular formula is C15H25N5. The fraction of sp³-hybridized carbons (Fsp3) is 0.600. The van der Waals surface area contributed by atoms with Crippen molar-refractivity contribution in [2.75, 3.05) is 37.6 Å². The van der Waals surface area contributed by atoms with E-state index in [1.165, 1.54) is 0 Å². The lowest BCUT2D eigenvalue weighted by molar-refractivity contribution is 0.232. The fourth-order valence-corrected chi connectivity index (χ4v) is 2.31. The molecule has 20 heavy (non-hydrogen) atoms. The highest BCUT2D eigenvalue weighted by molar-refractivity contribution is 5.82. The topological polar surface area (TPSA) is 69.2 Å². The summed E-state index contributed by atoms with van der Waals surface area (Å²) in [5.41, 5.74) is 5.44. The lowest BCUT2D eigenvalue weighted by Gasteiger charge is -2.36. The Morgan fingerprint density at radius 2 is 2.00 bits per heavy atom. The zero-order chi connectivity index (χ0) is 14.6. The smallest absolute Gasteiger partial charge is 0.128 e. The fourth-order valence-electron chi connectivity index (χ4n) is 2.31. The van der Waals surface area contributed by atoms with Gasteiger partial charge in [0.05, 0.1) is 5.84 Å². The number of aromatic nitrogens is 1. The minimum atomic E-state index is -0.196. The second-order valence-electron chi connectivity index (χ2n) is 6.06. The molecule has 1 saturated heterocycles. The van der Waals surface area contributed by atoms with Gasteiger partial charge in [0.15, 0.2) is 0 Å². The van der Waals surface area contributed by atoms with Gasteiger partial charge in [-0.2, -0.15) is 0 Å². The number of rotatable bonds is 5. The van der Waals surface area contributed by atoms with Crippen molar-refractivity contribution in [2.24, 2.45) is 11.1 Å². The minimum absolute atomic E-state index is 0.196. The Morgan fingerprint density at radius 3 is 2.55 bits per heavy atom. The van der Waals surface area contributed by atoms with E-state index in [9.17, 15) is 0 Å². The number of amidine groups is 1. The van der Waals surface area contributed by atoms with Gasteiger partial charge >= 0.3 is 0 Å². The summed E-state index contributed by atoms with van der Waals surface area (Å²) in [6, 6.07) is 6.04. The third kappa shape index (κ3) is 3.70. The van der Waals surface area contributed by atoms with Gasteiger partial charge in [-0.3, -0.25) is 10.3 Å². The number of nitrogens with two attached hydrogens (primary N) is 1.